The molecule has 0 radical (unpaired) electrons. The molecular weight excluding hydrogens is 507 g/mol. The summed E-state index contributed by atoms with van der Waals surface area (Å²) in [6.45, 7) is 3.71. The van der Waals surface area contributed by atoms with Crippen LogP contribution in [-0.2, 0) is 36.9 Å². The lowest BCUT2D eigenvalue weighted by Gasteiger charge is -2.29. The van der Waals surface area contributed by atoms with Gasteiger partial charge in [-0.1, -0.05) is 19.1 Å². The number of aromatic nitrogens is 2. The first-order chi connectivity index (χ1) is 18.8. The van der Waals surface area contributed by atoms with Crippen LogP contribution in [-0.4, -0.2) is 33.8 Å². The summed E-state index contributed by atoms with van der Waals surface area (Å²) in [4.78, 5) is 22.4. The molecule has 0 amide bonds. The zero-order valence-corrected chi connectivity index (χ0v) is 21.8. The number of halogens is 3. The maximum absolute atomic E-state index is 14.1. The van der Waals surface area contributed by atoms with Gasteiger partial charge in [-0.15, -0.1) is 0 Å². The monoisotopic (exact) mass is 537 g/mol. The van der Waals surface area contributed by atoms with Gasteiger partial charge in [0.15, 0.2) is 0 Å². The highest BCUT2D eigenvalue weighted by atomic mass is 19.4. The summed E-state index contributed by atoms with van der Waals surface area (Å²) in [6.07, 6.45) is 1.27. The van der Waals surface area contributed by atoms with Crippen LogP contribution in [0.5, 0.6) is 11.5 Å². The number of nitrogens with zero attached hydrogens (tertiary/aromatic N) is 3. The predicted octanol–water partition coefficient (Wildman–Crippen LogP) is 5.97. The largest absolute Gasteiger partial charge is 0.492 e. The molecule has 6 rings (SSSR count). The minimum absolute atomic E-state index is 0.0466. The molecule has 3 aromatic rings. The van der Waals surface area contributed by atoms with Gasteiger partial charge in [-0.2, -0.15) is 13.2 Å². The van der Waals surface area contributed by atoms with Crippen molar-refractivity contribution in [3.8, 4) is 11.5 Å². The summed E-state index contributed by atoms with van der Waals surface area (Å²) in [6, 6.07) is 8.43. The Morgan fingerprint density at radius 3 is 2.85 bits per heavy atom. The molecule has 0 N–H and O–H groups in total. The molecule has 204 valence electrons. The highest BCUT2D eigenvalue weighted by Gasteiger charge is 2.38. The van der Waals surface area contributed by atoms with Gasteiger partial charge in [0, 0.05) is 73.9 Å². The molecule has 2 aromatic carbocycles. The van der Waals surface area contributed by atoms with E-state index < -0.39 is 11.7 Å². The molecule has 1 aliphatic carbocycles. The molecule has 0 saturated carbocycles. The predicted molar refractivity (Wildman–Crippen MR) is 138 cm³/mol. The number of ketones is 1. The number of Topliss-reactive ketones (excluding diaryl/α,β-unsaturated/α-hetero) is 1. The van der Waals surface area contributed by atoms with Crippen molar-refractivity contribution in [2.24, 2.45) is 0 Å². The molecule has 0 bridgehead atoms. The molecule has 39 heavy (non-hydrogen) atoms. The van der Waals surface area contributed by atoms with Gasteiger partial charge in [-0.25, -0.2) is 9.97 Å². The smallest absolute Gasteiger partial charge is 0.416 e. The van der Waals surface area contributed by atoms with Crippen LogP contribution in [0.4, 0.5) is 13.2 Å². The Labute approximate surface area is 225 Å². The van der Waals surface area contributed by atoms with Gasteiger partial charge in [0.05, 0.1) is 12.2 Å². The molecule has 2 aliphatic heterocycles. The summed E-state index contributed by atoms with van der Waals surface area (Å²) < 4.78 is 54.5. The fourth-order valence-corrected chi connectivity index (χ4v) is 6.07. The zero-order chi connectivity index (χ0) is 27.1. The van der Waals surface area contributed by atoms with E-state index in [-0.39, 0.29) is 24.3 Å². The van der Waals surface area contributed by atoms with Crippen LogP contribution in [0, 0.1) is 0 Å². The summed E-state index contributed by atoms with van der Waals surface area (Å²) in [7, 11) is 0. The Kier molecular flexibility index (Phi) is 6.79. The highest BCUT2D eigenvalue weighted by molar-refractivity contribution is 5.79. The Balaban J connectivity index is 1.24. The molecule has 0 fully saturated rings. The van der Waals surface area contributed by atoms with Crippen LogP contribution in [0.1, 0.15) is 77.3 Å². The number of rotatable bonds is 7. The van der Waals surface area contributed by atoms with Crippen LogP contribution in [0.15, 0.2) is 42.9 Å². The van der Waals surface area contributed by atoms with E-state index in [9.17, 15) is 18.0 Å². The van der Waals surface area contributed by atoms with Crippen LogP contribution < -0.4 is 9.47 Å². The first kappa shape index (κ1) is 25.8. The Morgan fingerprint density at radius 1 is 1.18 bits per heavy atom. The number of fused-ring (bicyclic) bond motifs is 3. The molecular formula is C30H30F3N3O3. The third-order valence-corrected chi connectivity index (χ3v) is 8.11. The molecule has 0 spiro atoms. The van der Waals surface area contributed by atoms with Gasteiger partial charge >= 0.3 is 6.18 Å². The van der Waals surface area contributed by atoms with Crippen molar-refractivity contribution in [1.29, 1.82) is 0 Å². The van der Waals surface area contributed by atoms with Gasteiger partial charge in [0.25, 0.3) is 0 Å². The summed E-state index contributed by atoms with van der Waals surface area (Å²) in [5.74, 6) is 1.58. The average Bonchev–Trinajstić information content (AvgIpc) is 3.52. The third kappa shape index (κ3) is 5.12. The van der Waals surface area contributed by atoms with Crippen molar-refractivity contribution in [2.45, 2.75) is 70.3 Å². The van der Waals surface area contributed by atoms with Crippen molar-refractivity contribution in [1.82, 2.24) is 14.9 Å². The quantitative estimate of drug-likeness (QED) is 0.370. The SMILES string of the molecule is CCC(=O)C[C@@H]1COc2cc(O[C@@H]3CCc4c3ccc(C(F)(F)F)c4CN3CCc4ncncc4C3)ccc21. The summed E-state index contributed by atoms with van der Waals surface area (Å²) in [5, 5.41) is 0. The molecule has 3 aliphatic rings. The van der Waals surface area contributed by atoms with E-state index in [1.807, 2.05) is 30.0 Å². The normalized spacial score (nSPS) is 20.2. The Hall–Kier alpha value is -3.46. The topological polar surface area (TPSA) is 64.6 Å². The van der Waals surface area contributed by atoms with E-state index in [0.717, 1.165) is 27.9 Å². The number of benzene rings is 2. The van der Waals surface area contributed by atoms with Crippen LogP contribution in [0.3, 0.4) is 0 Å². The summed E-state index contributed by atoms with van der Waals surface area (Å²) >= 11 is 0. The van der Waals surface area contributed by atoms with E-state index in [0.29, 0.717) is 68.9 Å². The van der Waals surface area contributed by atoms with E-state index in [1.54, 1.807) is 12.3 Å². The molecule has 0 saturated heterocycles. The van der Waals surface area contributed by atoms with Crippen molar-refractivity contribution < 1.29 is 27.4 Å². The van der Waals surface area contributed by atoms with E-state index in [4.69, 9.17) is 9.47 Å². The first-order valence-corrected chi connectivity index (χ1v) is 13.5. The van der Waals surface area contributed by atoms with E-state index >= 15 is 0 Å². The van der Waals surface area contributed by atoms with Gasteiger partial charge in [-0.3, -0.25) is 9.69 Å². The molecule has 2 atom stereocenters. The molecule has 9 heteroatoms. The lowest BCUT2D eigenvalue weighted by Crippen LogP contribution is -2.32. The van der Waals surface area contributed by atoms with Gasteiger partial charge < -0.3 is 9.47 Å². The van der Waals surface area contributed by atoms with Gasteiger partial charge in [-0.05, 0) is 41.7 Å². The number of hydrogen-bond acceptors (Lipinski definition) is 6. The minimum Gasteiger partial charge on any atom is -0.492 e. The van der Waals surface area contributed by atoms with Crippen molar-refractivity contribution in [3.05, 3.63) is 81.9 Å². The Bertz CT molecular complexity index is 1410. The second-order valence-electron chi connectivity index (χ2n) is 10.6. The number of hydrogen-bond donors (Lipinski definition) is 0. The van der Waals surface area contributed by atoms with Gasteiger partial charge in [0.2, 0.25) is 0 Å². The van der Waals surface area contributed by atoms with Crippen molar-refractivity contribution >= 4 is 5.78 Å². The second-order valence-corrected chi connectivity index (χ2v) is 10.6. The molecule has 6 nitrogen and oxygen atoms in total. The lowest BCUT2D eigenvalue weighted by atomic mass is 9.95. The van der Waals surface area contributed by atoms with E-state index in [2.05, 4.69) is 9.97 Å². The lowest BCUT2D eigenvalue weighted by molar-refractivity contribution is -0.138. The fourth-order valence-electron chi connectivity index (χ4n) is 6.07. The number of ether oxygens (including phenoxy) is 2. The zero-order valence-electron chi connectivity index (χ0n) is 21.8. The van der Waals surface area contributed by atoms with Crippen molar-refractivity contribution in [3.63, 3.8) is 0 Å². The van der Waals surface area contributed by atoms with Crippen LogP contribution in [0.25, 0.3) is 0 Å². The third-order valence-electron chi connectivity index (χ3n) is 8.11. The first-order valence-electron chi connectivity index (χ1n) is 13.5. The van der Waals surface area contributed by atoms with Crippen LogP contribution in [0.2, 0.25) is 0 Å². The molecule has 0 unspecified atom stereocenters. The highest BCUT2D eigenvalue weighted by Crippen LogP contribution is 2.44. The van der Waals surface area contributed by atoms with E-state index in [1.165, 1.54) is 12.4 Å². The standard InChI is InChI=1S/C30H30F3N3O3/c1-2-20(37)11-18-16-38-29-12-21(3-4-22(18)29)39-28-8-6-23-24(28)5-7-26(30(31,32)33)25(23)15-36-10-9-27-19(14-36)13-34-17-35-27/h3-5,7,12-13,17-18,28H,2,6,8-11,14-16H2,1H3/t18-,28-/m1/s1. The Morgan fingerprint density at radius 2 is 2.03 bits per heavy atom. The van der Waals surface area contributed by atoms with Crippen LogP contribution >= 0.6 is 0 Å². The fraction of sp³-hybridized carbons (Fsp3) is 0.433. The van der Waals surface area contributed by atoms with Crippen molar-refractivity contribution in [2.75, 3.05) is 13.2 Å². The number of carbonyl (C=O) groups excluding carboxylic acids is 1. The maximum atomic E-state index is 14.1. The number of carbonyl (C=O) groups is 1. The van der Waals surface area contributed by atoms with Gasteiger partial charge in [0.1, 0.15) is 29.7 Å². The average molecular weight is 538 g/mol. The second kappa shape index (κ2) is 10.3. The molecule has 3 heterocycles. The minimum atomic E-state index is -4.44. The summed E-state index contributed by atoms with van der Waals surface area (Å²) in [5.41, 5.74) is 4.24. The molecule has 1 aromatic heterocycles. The number of alkyl halides is 3. The maximum Gasteiger partial charge on any atom is 0.416 e.